The molecule has 0 aliphatic rings. The van der Waals surface area contributed by atoms with Crippen molar-refractivity contribution in [3.63, 3.8) is 0 Å². The van der Waals surface area contributed by atoms with Crippen molar-refractivity contribution in [1.82, 2.24) is 9.97 Å². The summed E-state index contributed by atoms with van der Waals surface area (Å²) < 4.78 is 5.26. The Bertz CT molecular complexity index is 574. The van der Waals surface area contributed by atoms with Crippen molar-refractivity contribution in [2.24, 2.45) is 5.73 Å². The van der Waals surface area contributed by atoms with Gasteiger partial charge in [-0.25, -0.2) is 9.97 Å². The van der Waals surface area contributed by atoms with Gasteiger partial charge < -0.3 is 10.5 Å². The summed E-state index contributed by atoms with van der Waals surface area (Å²) in [6, 6.07) is 7.59. The number of rotatable bonds is 4. The normalized spacial score (nSPS) is 10.1. The number of methoxy groups -OCH3 is 1. The molecule has 2 rings (SSSR count). The SMILES string of the molecule is COc1ccccc1Sc1nccnc1C(=N)N. The number of hydrogen-bond donors (Lipinski definition) is 2. The van der Waals surface area contributed by atoms with Gasteiger partial charge in [0, 0.05) is 12.4 Å². The van der Waals surface area contributed by atoms with Crippen LogP contribution in [0.4, 0.5) is 0 Å². The predicted molar refractivity (Wildman–Crippen MR) is 70.2 cm³/mol. The van der Waals surface area contributed by atoms with E-state index in [2.05, 4.69) is 9.97 Å². The number of nitrogens with zero attached hydrogens (tertiary/aromatic N) is 2. The van der Waals surface area contributed by atoms with Crippen molar-refractivity contribution in [1.29, 1.82) is 5.41 Å². The van der Waals surface area contributed by atoms with E-state index in [1.54, 1.807) is 13.3 Å². The van der Waals surface area contributed by atoms with Gasteiger partial charge in [0.2, 0.25) is 0 Å². The Balaban J connectivity index is 2.37. The van der Waals surface area contributed by atoms with Crippen molar-refractivity contribution >= 4 is 17.6 Å². The monoisotopic (exact) mass is 260 g/mol. The van der Waals surface area contributed by atoms with Crippen molar-refractivity contribution < 1.29 is 4.74 Å². The number of nitrogens with two attached hydrogens (primary N) is 1. The van der Waals surface area contributed by atoms with Crippen LogP contribution in [0, 0.1) is 5.41 Å². The average molecular weight is 260 g/mol. The molecule has 2 aromatic rings. The van der Waals surface area contributed by atoms with Crippen LogP contribution in [-0.4, -0.2) is 22.9 Å². The van der Waals surface area contributed by atoms with E-state index in [1.807, 2.05) is 24.3 Å². The summed E-state index contributed by atoms with van der Waals surface area (Å²) in [5, 5.41) is 8.06. The van der Waals surface area contributed by atoms with Gasteiger partial charge in [0.15, 0.2) is 0 Å². The zero-order valence-electron chi connectivity index (χ0n) is 9.75. The maximum Gasteiger partial charge on any atom is 0.144 e. The molecule has 0 saturated carbocycles. The van der Waals surface area contributed by atoms with Gasteiger partial charge in [0.05, 0.1) is 12.0 Å². The Labute approximate surface area is 109 Å². The first-order chi connectivity index (χ1) is 8.72. The molecule has 1 aromatic heterocycles. The first kappa shape index (κ1) is 12.4. The van der Waals surface area contributed by atoms with Crippen LogP contribution < -0.4 is 10.5 Å². The van der Waals surface area contributed by atoms with Crippen molar-refractivity contribution in [3.8, 4) is 5.75 Å². The number of para-hydroxylation sites is 1. The lowest BCUT2D eigenvalue weighted by Gasteiger charge is -2.08. The van der Waals surface area contributed by atoms with Crippen LogP contribution in [0.25, 0.3) is 0 Å². The second-order valence-electron chi connectivity index (χ2n) is 3.38. The minimum absolute atomic E-state index is 0.0968. The maximum atomic E-state index is 7.47. The van der Waals surface area contributed by atoms with E-state index >= 15 is 0 Å². The van der Waals surface area contributed by atoms with Gasteiger partial charge in [-0.05, 0) is 12.1 Å². The molecule has 92 valence electrons. The molecule has 3 N–H and O–H groups in total. The van der Waals surface area contributed by atoms with Gasteiger partial charge in [-0.15, -0.1) is 0 Å². The van der Waals surface area contributed by atoms with Gasteiger partial charge in [0.1, 0.15) is 22.3 Å². The summed E-state index contributed by atoms with van der Waals surface area (Å²) in [5.74, 6) is 0.656. The second kappa shape index (κ2) is 5.50. The summed E-state index contributed by atoms with van der Waals surface area (Å²) in [5.41, 5.74) is 5.86. The molecule has 1 heterocycles. The Morgan fingerprint density at radius 1 is 1.28 bits per heavy atom. The minimum atomic E-state index is -0.0968. The van der Waals surface area contributed by atoms with Crippen LogP contribution in [-0.2, 0) is 0 Å². The molecule has 0 amide bonds. The van der Waals surface area contributed by atoms with Crippen molar-refractivity contribution in [2.45, 2.75) is 9.92 Å². The first-order valence-electron chi connectivity index (χ1n) is 5.18. The zero-order valence-corrected chi connectivity index (χ0v) is 10.6. The quantitative estimate of drug-likeness (QED) is 0.648. The summed E-state index contributed by atoms with van der Waals surface area (Å²) in [6.45, 7) is 0. The average Bonchev–Trinajstić information content (AvgIpc) is 2.40. The summed E-state index contributed by atoms with van der Waals surface area (Å²) in [4.78, 5) is 9.16. The topological polar surface area (TPSA) is 84.9 Å². The lowest BCUT2D eigenvalue weighted by molar-refractivity contribution is 0.405. The van der Waals surface area contributed by atoms with E-state index in [4.69, 9.17) is 15.9 Å². The molecule has 5 nitrogen and oxygen atoms in total. The number of aromatic nitrogens is 2. The standard InChI is InChI=1S/C12H12N4OS/c1-17-8-4-2-3-5-9(8)18-12-10(11(13)14)15-6-7-16-12/h2-7H,1H3,(H3,13,14). The van der Waals surface area contributed by atoms with Crippen LogP contribution in [0.15, 0.2) is 46.6 Å². The van der Waals surface area contributed by atoms with Crippen molar-refractivity contribution in [3.05, 3.63) is 42.4 Å². The highest BCUT2D eigenvalue weighted by Crippen LogP contribution is 2.34. The molecule has 0 atom stereocenters. The third-order valence-corrected chi connectivity index (χ3v) is 3.24. The molecule has 0 unspecified atom stereocenters. The Morgan fingerprint density at radius 2 is 2.00 bits per heavy atom. The van der Waals surface area contributed by atoms with Gasteiger partial charge in [0.25, 0.3) is 0 Å². The van der Waals surface area contributed by atoms with Crippen LogP contribution in [0.3, 0.4) is 0 Å². The van der Waals surface area contributed by atoms with E-state index in [9.17, 15) is 0 Å². The summed E-state index contributed by atoms with van der Waals surface area (Å²) in [7, 11) is 1.61. The fourth-order valence-corrected chi connectivity index (χ4v) is 2.37. The fraction of sp³-hybridized carbons (Fsp3) is 0.0833. The Morgan fingerprint density at radius 3 is 2.72 bits per heavy atom. The van der Waals surface area contributed by atoms with Crippen LogP contribution in [0.5, 0.6) is 5.75 Å². The number of ether oxygens (including phenoxy) is 1. The molecule has 1 aromatic carbocycles. The van der Waals surface area contributed by atoms with Crippen LogP contribution in [0.2, 0.25) is 0 Å². The molecular weight excluding hydrogens is 248 g/mol. The molecule has 0 radical (unpaired) electrons. The third kappa shape index (κ3) is 2.60. The number of nitrogens with one attached hydrogen (secondary N) is 1. The van der Waals surface area contributed by atoms with E-state index in [0.29, 0.717) is 10.7 Å². The molecule has 0 saturated heterocycles. The van der Waals surface area contributed by atoms with Gasteiger partial charge in [-0.2, -0.15) is 0 Å². The third-order valence-electron chi connectivity index (χ3n) is 2.20. The molecule has 0 aliphatic heterocycles. The zero-order chi connectivity index (χ0) is 13.0. The smallest absolute Gasteiger partial charge is 0.144 e. The molecule has 0 bridgehead atoms. The lowest BCUT2D eigenvalue weighted by Crippen LogP contribution is -2.15. The highest BCUT2D eigenvalue weighted by molar-refractivity contribution is 7.99. The van der Waals surface area contributed by atoms with E-state index in [-0.39, 0.29) is 5.84 Å². The predicted octanol–water partition coefficient (Wildman–Crippen LogP) is 1.92. The summed E-state index contributed by atoms with van der Waals surface area (Å²) in [6.07, 6.45) is 3.09. The summed E-state index contributed by atoms with van der Waals surface area (Å²) >= 11 is 1.37. The number of benzene rings is 1. The number of nitrogen functional groups attached to an aromatic ring is 1. The van der Waals surface area contributed by atoms with E-state index in [0.717, 1.165) is 10.6 Å². The molecular formula is C12H12N4OS. The highest BCUT2D eigenvalue weighted by atomic mass is 32.2. The van der Waals surface area contributed by atoms with E-state index < -0.39 is 0 Å². The number of hydrogen-bond acceptors (Lipinski definition) is 5. The molecule has 0 spiro atoms. The van der Waals surface area contributed by atoms with E-state index in [1.165, 1.54) is 18.0 Å². The molecule has 0 aliphatic carbocycles. The molecule has 0 fully saturated rings. The lowest BCUT2D eigenvalue weighted by atomic mass is 10.3. The second-order valence-corrected chi connectivity index (χ2v) is 4.41. The maximum absolute atomic E-state index is 7.47. The van der Waals surface area contributed by atoms with Gasteiger partial charge >= 0.3 is 0 Å². The Hall–Kier alpha value is -2.08. The minimum Gasteiger partial charge on any atom is -0.496 e. The van der Waals surface area contributed by atoms with Gasteiger partial charge in [-0.1, -0.05) is 23.9 Å². The first-order valence-corrected chi connectivity index (χ1v) is 6.00. The fourth-order valence-electron chi connectivity index (χ4n) is 1.39. The van der Waals surface area contributed by atoms with Crippen LogP contribution >= 0.6 is 11.8 Å². The largest absolute Gasteiger partial charge is 0.496 e. The van der Waals surface area contributed by atoms with Gasteiger partial charge in [-0.3, -0.25) is 5.41 Å². The van der Waals surface area contributed by atoms with Crippen molar-refractivity contribution in [2.75, 3.05) is 7.11 Å². The molecule has 6 heteroatoms. The number of amidine groups is 1. The van der Waals surface area contributed by atoms with Crippen LogP contribution in [0.1, 0.15) is 5.69 Å². The Kier molecular flexibility index (Phi) is 3.78. The molecule has 18 heavy (non-hydrogen) atoms. The highest BCUT2D eigenvalue weighted by Gasteiger charge is 2.12.